The van der Waals surface area contributed by atoms with Gasteiger partial charge in [-0.2, -0.15) is 0 Å². The van der Waals surface area contributed by atoms with Crippen LogP contribution in [0.15, 0.2) is 77.0 Å². The van der Waals surface area contributed by atoms with Crippen molar-refractivity contribution in [2.45, 2.75) is 24.3 Å². The highest BCUT2D eigenvalue weighted by molar-refractivity contribution is 8.02. The minimum atomic E-state index is -0.650. The van der Waals surface area contributed by atoms with E-state index in [1.807, 2.05) is 60.7 Å². The topological polar surface area (TPSA) is 72.5 Å². The molecule has 0 radical (unpaired) electrons. The van der Waals surface area contributed by atoms with E-state index in [-0.39, 0.29) is 5.78 Å². The molecule has 0 aliphatic carbocycles. The maximum Gasteiger partial charge on any atom is 0.331 e. The number of amides is 1. The molecule has 0 saturated carbocycles. The van der Waals surface area contributed by atoms with Crippen molar-refractivity contribution in [1.29, 1.82) is 0 Å². The van der Waals surface area contributed by atoms with Crippen molar-refractivity contribution in [1.82, 2.24) is 5.32 Å². The third-order valence-corrected chi connectivity index (χ3v) is 4.42. The molecule has 6 heteroatoms. The van der Waals surface area contributed by atoms with E-state index in [4.69, 9.17) is 4.74 Å². The van der Waals surface area contributed by atoms with Gasteiger partial charge >= 0.3 is 5.97 Å². The van der Waals surface area contributed by atoms with Gasteiger partial charge in [-0.1, -0.05) is 60.3 Å². The van der Waals surface area contributed by atoms with Crippen LogP contribution in [0.4, 0.5) is 0 Å². The molecule has 1 N–H and O–H groups in total. The average Bonchev–Trinajstić information content (AvgIpc) is 2.67. The molecule has 0 spiro atoms. The average molecular weight is 383 g/mol. The summed E-state index contributed by atoms with van der Waals surface area (Å²) in [5, 5.41) is 4.21. The zero-order valence-electron chi connectivity index (χ0n) is 15.0. The zero-order chi connectivity index (χ0) is 19.5. The highest BCUT2D eigenvalue weighted by Crippen LogP contribution is 2.17. The van der Waals surface area contributed by atoms with Gasteiger partial charge in [0.25, 0.3) is 5.91 Å². The Labute approximate surface area is 162 Å². The number of esters is 1. The van der Waals surface area contributed by atoms with Crippen LogP contribution in [0.25, 0.3) is 0 Å². The van der Waals surface area contributed by atoms with Crippen molar-refractivity contribution in [2.75, 3.05) is 6.61 Å². The first-order valence-corrected chi connectivity index (χ1v) is 9.31. The first-order chi connectivity index (χ1) is 13.0. The number of rotatable bonds is 9. The molecule has 0 aromatic heterocycles. The van der Waals surface area contributed by atoms with E-state index in [0.29, 0.717) is 6.42 Å². The van der Waals surface area contributed by atoms with Crippen molar-refractivity contribution in [3.05, 3.63) is 77.7 Å². The van der Waals surface area contributed by atoms with E-state index in [1.54, 1.807) is 5.41 Å². The molecule has 0 aliphatic heterocycles. The Morgan fingerprint density at radius 3 is 2.30 bits per heavy atom. The van der Waals surface area contributed by atoms with Gasteiger partial charge in [0.15, 0.2) is 12.4 Å². The summed E-state index contributed by atoms with van der Waals surface area (Å²) < 4.78 is 4.91. The van der Waals surface area contributed by atoms with E-state index in [0.717, 1.165) is 10.5 Å². The number of carbonyl (C=O) groups excluding carboxylic acids is 3. The van der Waals surface area contributed by atoms with Gasteiger partial charge in [-0.15, -0.1) is 0 Å². The predicted octanol–water partition coefficient (Wildman–Crippen LogP) is 3.15. The second-order valence-electron chi connectivity index (χ2n) is 5.76. The molecule has 0 fully saturated rings. The predicted molar refractivity (Wildman–Crippen MR) is 105 cm³/mol. The molecule has 2 aromatic carbocycles. The van der Waals surface area contributed by atoms with Gasteiger partial charge in [-0.3, -0.25) is 9.59 Å². The summed E-state index contributed by atoms with van der Waals surface area (Å²) in [4.78, 5) is 36.4. The maximum absolute atomic E-state index is 12.0. The number of carbonyl (C=O) groups is 3. The number of ether oxygens (including phenoxy) is 1. The summed E-state index contributed by atoms with van der Waals surface area (Å²) in [7, 11) is 0. The number of Topliss-reactive ketones (excluding diaryl/α,β-unsaturated/α-hetero) is 1. The lowest BCUT2D eigenvalue weighted by atomic mass is 10.0. The van der Waals surface area contributed by atoms with Crippen LogP contribution in [0.2, 0.25) is 0 Å². The molecular weight excluding hydrogens is 362 g/mol. The molecule has 0 saturated heterocycles. The fraction of sp³-hybridized carbons (Fsp3) is 0.190. The van der Waals surface area contributed by atoms with E-state index in [2.05, 4.69) is 5.32 Å². The molecule has 2 aromatic rings. The highest BCUT2D eigenvalue weighted by atomic mass is 32.2. The van der Waals surface area contributed by atoms with Crippen LogP contribution in [0.3, 0.4) is 0 Å². The molecule has 140 valence electrons. The van der Waals surface area contributed by atoms with Gasteiger partial charge < -0.3 is 10.1 Å². The van der Waals surface area contributed by atoms with Crippen molar-refractivity contribution in [3.8, 4) is 0 Å². The molecule has 27 heavy (non-hydrogen) atoms. The molecule has 2 rings (SSSR count). The fourth-order valence-corrected chi connectivity index (χ4v) is 2.88. The summed E-state index contributed by atoms with van der Waals surface area (Å²) >= 11 is 1.37. The van der Waals surface area contributed by atoms with Gasteiger partial charge in [0.2, 0.25) is 0 Å². The number of benzene rings is 2. The Bertz CT molecular complexity index is 790. The van der Waals surface area contributed by atoms with Gasteiger partial charge in [-0.25, -0.2) is 4.79 Å². The monoisotopic (exact) mass is 383 g/mol. The Morgan fingerprint density at radius 1 is 1.04 bits per heavy atom. The molecule has 1 atom stereocenters. The van der Waals surface area contributed by atoms with E-state index < -0.39 is 24.5 Å². The number of hydrogen-bond donors (Lipinski definition) is 1. The van der Waals surface area contributed by atoms with Crippen LogP contribution in [0.1, 0.15) is 12.5 Å². The summed E-state index contributed by atoms with van der Waals surface area (Å²) in [6.45, 7) is 0.987. The quantitative estimate of drug-likeness (QED) is 0.409. The minimum absolute atomic E-state index is 0.155. The highest BCUT2D eigenvalue weighted by Gasteiger charge is 2.18. The first-order valence-electron chi connectivity index (χ1n) is 8.43. The van der Waals surface area contributed by atoms with E-state index in [9.17, 15) is 14.4 Å². The second-order valence-corrected chi connectivity index (χ2v) is 6.74. The first kappa shape index (κ1) is 20.5. The summed E-state index contributed by atoms with van der Waals surface area (Å²) in [5.41, 5.74) is 0.941. The van der Waals surface area contributed by atoms with Crippen LogP contribution in [-0.2, 0) is 25.5 Å². The molecule has 0 unspecified atom stereocenters. The number of thioether (sulfide) groups is 1. The normalized spacial score (nSPS) is 11.7. The SMILES string of the molecule is CC(=O)[C@H](Cc1ccccc1)NC(=O)COC(=O)/C=C/Sc1ccccc1. The second kappa shape index (κ2) is 11.0. The standard InChI is InChI=1S/C21H21NO4S/c1-16(23)19(14-17-8-4-2-5-9-17)22-20(24)15-26-21(25)12-13-27-18-10-6-3-7-11-18/h2-13,19H,14-15H2,1H3,(H,22,24)/b13-12+/t19-/m0/s1. The van der Waals surface area contributed by atoms with E-state index in [1.165, 1.54) is 24.8 Å². The lowest BCUT2D eigenvalue weighted by Crippen LogP contribution is -2.43. The Morgan fingerprint density at radius 2 is 1.67 bits per heavy atom. The van der Waals surface area contributed by atoms with Crippen molar-refractivity contribution >= 4 is 29.4 Å². The lowest BCUT2D eigenvalue weighted by molar-refractivity contribution is -0.144. The Hall–Kier alpha value is -2.86. The largest absolute Gasteiger partial charge is 0.452 e. The fourth-order valence-electron chi connectivity index (χ4n) is 2.23. The molecule has 0 heterocycles. The van der Waals surface area contributed by atoms with Crippen molar-refractivity contribution < 1.29 is 19.1 Å². The van der Waals surface area contributed by atoms with Crippen LogP contribution < -0.4 is 5.32 Å². The lowest BCUT2D eigenvalue weighted by Gasteiger charge is -2.16. The maximum atomic E-state index is 12.0. The number of hydrogen-bond acceptors (Lipinski definition) is 5. The van der Waals surface area contributed by atoms with Crippen molar-refractivity contribution in [2.24, 2.45) is 0 Å². The van der Waals surface area contributed by atoms with Crippen LogP contribution >= 0.6 is 11.8 Å². The van der Waals surface area contributed by atoms with Gasteiger partial charge in [0.1, 0.15) is 0 Å². The third kappa shape index (κ3) is 7.92. The molecule has 0 bridgehead atoms. The van der Waals surface area contributed by atoms with Gasteiger partial charge in [-0.05, 0) is 36.4 Å². The van der Waals surface area contributed by atoms with Crippen LogP contribution in [0, 0.1) is 0 Å². The number of ketones is 1. The summed E-state index contributed by atoms with van der Waals surface area (Å²) in [6, 6.07) is 18.3. The van der Waals surface area contributed by atoms with Gasteiger partial charge in [0.05, 0.1) is 6.04 Å². The van der Waals surface area contributed by atoms with Gasteiger partial charge in [0, 0.05) is 11.0 Å². The molecule has 5 nitrogen and oxygen atoms in total. The molecule has 1 amide bonds. The third-order valence-electron chi connectivity index (χ3n) is 3.61. The zero-order valence-corrected chi connectivity index (χ0v) is 15.8. The minimum Gasteiger partial charge on any atom is -0.452 e. The smallest absolute Gasteiger partial charge is 0.331 e. The molecule has 0 aliphatic rings. The van der Waals surface area contributed by atoms with E-state index >= 15 is 0 Å². The Balaban J connectivity index is 1.76. The summed E-state index contributed by atoms with van der Waals surface area (Å²) in [6.07, 6.45) is 1.65. The van der Waals surface area contributed by atoms with Crippen LogP contribution in [0.5, 0.6) is 0 Å². The van der Waals surface area contributed by atoms with Crippen molar-refractivity contribution in [3.63, 3.8) is 0 Å². The molecular formula is C21H21NO4S. The Kier molecular flexibility index (Phi) is 8.32. The number of nitrogens with one attached hydrogen (secondary N) is 1. The van der Waals surface area contributed by atoms with Crippen LogP contribution in [-0.4, -0.2) is 30.3 Å². The summed E-state index contributed by atoms with van der Waals surface area (Å²) in [5.74, 6) is -1.28.